The van der Waals surface area contributed by atoms with Crippen LogP contribution >= 0.6 is 0 Å². The maximum atomic E-state index is 11.8. The number of ether oxygens (including phenoxy) is 2. The van der Waals surface area contributed by atoms with E-state index in [1.54, 1.807) is 24.3 Å². The van der Waals surface area contributed by atoms with Crippen molar-refractivity contribution < 1.29 is 28.7 Å². The lowest BCUT2D eigenvalue weighted by atomic mass is 9.96. The number of nitrogens with one attached hydrogen (secondary N) is 1. The summed E-state index contributed by atoms with van der Waals surface area (Å²) in [7, 11) is 0. The highest BCUT2D eigenvalue weighted by Crippen LogP contribution is 2.32. The molecular formula is C27H26N2O6. The number of rotatable bonds is 4. The highest BCUT2D eigenvalue weighted by atomic mass is 16.7. The van der Waals surface area contributed by atoms with Gasteiger partial charge in [0.05, 0.1) is 17.9 Å². The predicted octanol–water partition coefficient (Wildman–Crippen LogP) is 3.36. The van der Waals surface area contributed by atoms with Crippen LogP contribution in [0.2, 0.25) is 0 Å². The van der Waals surface area contributed by atoms with Gasteiger partial charge in [0.25, 0.3) is 23.6 Å². The van der Waals surface area contributed by atoms with Crippen molar-refractivity contribution in [2.24, 2.45) is 0 Å². The van der Waals surface area contributed by atoms with Crippen molar-refractivity contribution >= 4 is 34.9 Å². The molecule has 2 aromatic rings. The average Bonchev–Trinajstić information content (AvgIpc) is 3.35. The summed E-state index contributed by atoms with van der Waals surface area (Å²) in [6.45, 7) is 4.54. The molecule has 0 aliphatic carbocycles. The fourth-order valence-electron chi connectivity index (χ4n) is 4.16. The van der Waals surface area contributed by atoms with Crippen molar-refractivity contribution in [2.75, 3.05) is 11.5 Å². The summed E-state index contributed by atoms with van der Waals surface area (Å²) in [5.74, 6) is -0.855. The van der Waals surface area contributed by atoms with E-state index in [0.717, 1.165) is 40.9 Å². The van der Waals surface area contributed by atoms with Gasteiger partial charge in [0, 0.05) is 24.6 Å². The van der Waals surface area contributed by atoms with E-state index in [-0.39, 0.29) is 29.9 Å². The van der Waals surface area contributed by atoms with Crippen molar-refractivity contribution in [3.05, 3.63) is 77.4 Å². The van der Waals surface area contributed by atoms with Crippen LogP contribution in [0.15, 0.2) is 60.7 Å². The number of benzene rings is 2. The number of amides is 4. The number of para-hydroxylation sites is 2. The number of hydrogen-bond acceptors (Lipinski definition) is 6. The van der Waals surface area contributed by atoms with Gasteiger partial charge in [-0.25, -0.2) is 4.90 Å². The van der Waals surface area contributed by atoms with Crippen LogP contribution in [-0.2, 0) is 23.9 Å². The summed E-state index contributed by atoms with van der Waals surface area (Å²) >= 11 is 0. The first-order valence-electron chi connectivity index (χ1n) is 11.4. The summed E-state index contributed by atoms with van der Waals surface area (Å²) in [5.41, 5.74) is 3.80. The van der Waals surface area contributed by atoms with Gasteiger partial charge in [-0.15, -0.1) is 0 Å². The molecule has 0 bridgehead atoms. The smallest absolute Gasteiger partial charge is 0.258 e. The van der Waals surface area contributed by atoms with Gasteiger partial charge in [-0.1, -0.05) is 30.3 Å². The molecule has 3 aliphatic rings. The van der Waals surface area contributed by atoms with Gasteiger partial charge in [0.15, 0.2) is 6.29 Å². The van der Waals surface area contributed by atoms with E-state index in [4.69, 9.17) is 9.47 Å². The molecule has 4 amide bonds. The number of nitrogens with zero attached hydrogens (tertiary/aromatic N) is 1. The van der Waals surface area contributed by atoms with E-state index in [1.807, 2.05) is 32.0 Å². The van der Waals surface area contributed by atoms with Crippen LogP contribution in [0.4, 0.5) is 5.69 Å². The van der Waals surface area contributed by atoms with Crippen molar-refractivity contribution in [3.8, 4) is 5.75 Å². The number of hydrogen-bond donors (Lipinski definition) is 1. The number of anilines is 1. The first-order valence-corrected chi connectivity index (χ1v) is 11.4. The van der Waals surface area contributed by atoms with Crippen molar-refractivity contribution in [2.45, 2.75) is 39.4 Å². The molecule has 8 heteroatoms. The van der Waals surface area contributed by atoms with Crippen LogP contribution < -0.4 is 15.0 Å². The summed E-state index contributed by atoms with van der Waals surface area (Å²) in [5, 5.41) is 2.25. The Morgan fingerprint density at radius 1 is 0.914 bits per heavy atom. The molecule has 3 aliphatic heterocycles. The van der Waals surface area contributed by atoms with E-state index in [2.05, 4.69) is 5.32 Å². The van der Waals surface area contributed by atoms with Crippen LogP contribution in [0.25, 0.3) is 5.57 Å². The number of aryl methyl sites for hydroxylation is 2. The van der Waals surface area contributed by atoms with E-state index in [0.29, 0.717) is 23.6 Å². The van der Waals surface area contributed by atoms with Gasteiger partial charge in [-0.2, -0.15) is 0 Å². The van der Waals surface area contributed by atoms with E-state index in [9.17, 15) is 19.2 Å². The predicted molar refractivity (Wildman–Crippen MR) is 129 cm³/mol. The number of imide groups is 2. The first-order chi connectivity index (χ1) is 16.8. The molecule has 1 fully saturated rings. The molecule has 35 heavy (non-hydrogen) atoms. The molecule has 5 rings (SSSR count). The Labute approximate surface area is 203 Å². The molecular weight excluding hydrogens is 448 g/mol. The highest BCUT2D eigenvalue weighted by molar-refractivity contribution is 6.34. The largest absolute Gasteiger partial charge is 0.463 e. The highest BCUT2D eigenvalue weighted by Gasteiger charge is 2.29. The molecule has 0 radical (unpaired) electrons. The Bertz CT molecular complexity index is 1200. The molecule has 0 aromatic heterocycles. The van der Waals surface area contributed by atoms with Gasteiger partial charge in [-0.3, -0.25) is 24.5 Å². The normalized spacial score (nSPS) is 19.3. The van der Waals surface area contributed by atoms with E-state index >= 15 is 0 Å². The average molecular weight is 475 g/mol. The second kappa shape index (κ2) is 10.5. The van der Waals surface area contributed by atoms with Gasteiger partial charge in [0.2, 0.25) is 0 Å². The lowest BCUT2D eigenvalue weighted by Crippen LogP contribution is -2.31. The standard InChI is InChI=1S/C15H15NO4.C12H11NO2/c17-13-8-9-14(18)16(13)11-5-1-2-6-12(11)20-15-7-3-4-10-19-15;1-7-4-3-5-8(2)11(7)9-6-10(14)13-12(9)15/h1-2,5-6,8-9,15H,3-4,7,10H2;3-6H,1-2H3,(H,13,14,15). The minimum absolute atomic E-state index is 0.308. The van der Waals surface area contributed by atoms with Crippen LogP contribution in [-0.4, -0.2) is 36.5 Å². The maximum absolute atomic E-state index is 11.8. The zero-order valence-corrected chi connectivity index (χ0v) is 19.6. The summed E-state index contributed by atoms with van der Waals surface area (Å²) < 4.78 is 11.3. The second-order valence-corrected chi connectivity index (χ2v) is 8.37. The van der Waals surface area contributed by atoms with Gasteiger partial charge < -0.3 is 9.47 Å². The summed E-state index contributed by atoms with van der Waals surface area (Å²) in [6.07, 6.45) is 6.47. The molecule has 1 saturated heterocycles. The Hall–Kier alpha value is -4.04. The molecule has 0 spiro atoms. The fraction of sp³-hybridized carbons (Fsp3) is 0.259. The van der Waals surface area contributed by atoms with Gasteiger partial charge in [0.1, 0.15) is 5.75 Å². The molecule has 0 saturated carbocycles. The van der Waals surface area contributed by atoms with Crippen molar-refractivity contribution in [1.82, 2.24) is 5.32 Å². The van der Waals surface area contributed by atoms with Crippen LogP contribution in [0.5, 0.6) is 5.75 Å². The Morgan fingerprint density at radius 3 is 2.20 bits per heavy atom. The van der Waals surface area contributed by atoms with Crippen molar-refractivity contribution in [1.29, 1.82) is 0 Å². The third-order valence-electron chi connectivity index (χ3n) is 5.82. The van der Waals surface area contributed by atoms with Crippen LogP contribution in [0, 0.1) is 13.8 Å². The van der Waals surface area contributed by atoms with E-state index in [1.165, 1.54) is 18.2 Å². The Balaban J connectivity index is 0.000000172. The first kappa shape index (κ1) is 24.1. The van der Waals surface area contributed by atoms with Gasteiger partial charge in [-0.05, 0) is 55.5 Å². The SMILES string of the molecule is Cc1cccc(C)c1C1=CC(=O)NC1=O.O=C1C=CC(=O)N1c1ccccc1OC1CCCCO1. The minimum Gasteiger partial charge on any atom is -0.463 e. The topological polar surface area (TPSA) is 102 Å². The molecule has 1 unspecified atom stereocenters. The third kappa shape index (κ3) is 5.38. The quantitative estimate of drug-likeness (QED) is 0.682. The summed E-state index contributed by atoms with van der Waals surface area (Å²) in [6, 6.07) is 12.8. The molecule has 8 nitrogen and oxygen atoms in total. The third-order valence-corrected chi connectivity index (χ3v) is 5.82. The number of carbonyl (C=O) groups excluding carboxylic acids is 4. The Morgan fingerprint density at radius 2 is 1.60 bits per heavy atom. The lowest BCUT2D eigenvalue weighted by Gasteiger charge is -2.26. The Kier molecular flexibility index (Phi) is 7.22. The zero-order valence-electron chi connectivity index (χ0n) is 19.6. The molecule has 2 aromatic carbocycles. The molecule has 1 N–H and O–H groups in total. The molecule has 1 atom stereocenters. The van der Waals surface area contributed by atoms with Crippen LogP contribution in [0.1, 0.15) is 36.0 Å². The molecule has 180 valence electrons. The van der Waals surface area contributed by atoms with Crippen molar-refractivity contribution in [3.63, 3.8) is 0 Å². The van der Waals surface area contributed by atoms with Crippen LogP contribution in [0.3, 0.4) is 0 Å². The van der Waals surface area contributed by atoms with Gasteiger partial charge >= 0.3 is 0 Å². The number of carbonyl (C=O) groups is 4. The van der Waals surface area contributed by atoms with E-state index < -0.39 is 0 Å². The second-order valence-electron chi connectivity index (χ2n) is 8.37. The monoisotopic (exact) mass is 474 g/mol. The zero-order chi connectivity index (χ0) is 24.9. The summed E-state index contributed by atoms with van der Waals surface area (Å²) in [4.78, 5) is 47.2. The molecule has 3 heterocycles. The maximum Gasteiger partial charge on any atom is 0.258 e. The lowest BCUT2D eigenvalue weighted by molar-refractivity contribution is -0.123. The fourth-order valence-corrected chi connectivity index (χ4v) is 4.16. The minimum atomic E-state index is -0.351.